The second-order valence-corrected chi connectivity index (χ2v) is 10.0. The predicted molar refractivity (Wildman–Crippen MR) is 144 cm³/mol. The van der Waals surface area contributed by atoms with Gasteiger partial charge in [0.1, 0.15) is 6.33 Å². The third-order valence-corrected chi connectivity index (χ3v) is 7.59. The van der Waals surface area contributed by atoms with E-state index in [-0.39, 0.29) is 31.2 Å². The number of nitrogens with zero attached hydrogens (tertiary/aromatic N) is 4. The van der Waals surface area contributed by atoms with Gasteiger partial charge in [0.05, 0.1) is 19.6 Å². The molecule has 1 aromatic carbocycles. The molecule has 0 radical (unpaired) electrons. The number of fused-ring (bicyclic) bond motifs is 1. The lowest BCUT2D eigenvalue weighted by Crippen LogP contribution is -2.45. The molecule has 2 aliphatic heterocycles. The molecule has 0 saturated carbocycles. The number of aryl methyl sites for hydroxylation is 1. The van der Waals surface area contributed by atoms with Gasteiger partial charge in [0.2, 0.25) is 18.4 Å². The Morgan fingerprint density at radius 2 is 2.08 bits per heavy atom. The Balaban J connectivity index is 1.63. The number of rotatable bonds is 14. The lowest BCUT2D eigenvalue weighted by atomic mass is 9.83. The third kappa shape index (κ3) is 6.77. The Kier molecular flexibility index (Phi) is 9.94. The van der Waals surface area contributed by atoms with Crippen LogP contribution in [0.25, 0.3) is 0 Å². The summed E-state index contributed by atoms with van der Waals surface area (Å²) in [7, 11) is 1.55. The van der Waals surface area contributed by atoms with Gasteiger partial charge in [0, 0.05) is 43.5 Å². The van der Waals surface area contributed by atoms with Crippen LogP contribution < -0.4 is 19.9 Å². The van der Waals surface area contributed by atoms with Crippen LogP contribution in [0, 0.1) is 5.92 Å². The van der Waals surface area contributed by atoms with Crippen LogP contribution in [-0.4, -0.2) is 89.4 Å². The molecular formula is C28H39N5O6. The van der Waals surface area contributed by atoms with E-state index in [1.165, 1.54) is 6.33 Å². The fourth-order valence-corrected chi connectivity index (χ4v) is 5.58. The first kappa shape index (κ1) is 28.6. The Bertz CT molecular complexity index is 1110. The highest BCUT2D eigenvalue weighted by Gasteiger charge is 2.47. The number of benzene rings is 1. The van der Waals surface area contributed by atoms with E-state index in [2.05, 4.69) is 16.9 Å². The smallest absolute Gasteiger partial charge is 0.308 e. The molecule has 1 amide bonds. The molecular weight excluding hydrogens is 502 g/mol. The number of carbonyl (C=O) groups excluding carboxylic acids is 1. The molecule has 3 atom stereocenters. The largest absolute Gasteiger partial charge is 0.493 e. The SMILES string of the molecule is CCCCN(CCCN)C(=O)CN1C[C@H](c2cc(OC)c3c(c2)OCO3)C(C(=O)O)[C@@H]1CCc1ccncn1. The normalized spacial score (nSPS) is 20.2. The van der Waals surface area contributed by atoms with Crippen LogP contribution in [0.1, 0.15) is 49.8 Å². The van der Waals surface area contributed by atoms with Crippen LogP contribution in [0.5, 0.6) is 17.2 Å². The van der Waals surface area contributed by atoms with Crippen LogP contribution in [0.15, 0.2) is 30.7 Å². The van der Waals surface area contributed by atoms with Gasteiger partial charge in [-0.25, -0.2) is 9.97 Å². The molecule has 2 aromatic rings. The molecule has 3 heterocycles. The van der Waals surface area contributed by atoms with Crippen molar-refractivity contribution in [1.82, 2.24) is 19.8 Å². The van der Waals surface area contributed by atoms with E-state index in [9.17, 15) is 14.7 Å². The van der Waals surface area contributed by atoms with E-state index in [0.717, 1.165) is 30.5 Å². The number of carbonyl (C=O) groups is 2. The highest BCUT2D eigenvalue weighted by Crippen LogP contribution is 2.47. The molecule has 2 aliphatic rings. The Morgan fingerprint density at radius 1 is 1.26 bits per heavy atom. The summed E-state index contributed by atoms with van der Waals surface area (Å²) >= 11 is 0. The number of ether oxygens (including phenoxy) is 3. The summed E-state index contributed by atoms with van der Waals surface area (Å²) in [6.07, 6.45) is 6.90. The topological polar surface area (TPSA) is 140 Å². The molecule has 212 valence electrons. The number of nitrogens with two attached hydrogens (primary N) is 1. The maximum Gasteiger partial charge on any atom is 0.308 e. The number of carboxylic acid groups (broad SMARTS) is 1. The zero-order valence-corrected chi connectivity index (χ0v) is 22.8. The summed E-state index contributed by atoms with van der Waals surface area (Å²) in [5, 5.41) is 10.5. The molecule has 0 aliphatic carbocycles. The number of amides is 1. The molecule has 39 heavy (non-hydrogen) atoms. The minimum atomic E-state index is -0.898. The van der Waals surface area contributed by atoms with Crippen molar-refractivity contribution in [2.75, 3.05) is 46.6 Å². The van der Waals surface area contributed by atoms with Crippen molar-refractivity contribution in [2.24, 2.45) is 11.7 Å². The first-order chi connectivity index (χ1) is 19.0. The molecule has 0 bridgehead atoms. The average Bonchev–Trinajstić information content (AvgIpc) is 3.56. The number of aromatic nitrogens is 2. The van der Waals surface area contributed by atoms with Gasteiger partial charge in [-0.2, -0.15) is 0 Å². The third-order valence-electron chi connectivity index (χ3n) is 7.59. The number of hydrogen-bond acceptors (Lipinski definition) is 9. The maximum absolute atomic E-state index is 13.5. The zero-order valence-electron chi connectivity index (χ0n) is 22.8. The number of aliphatic carboxylic acids is 1. The number of unbranched alkanes of at least 4 members (excludes halogenated alkanes) is 1. The van der Waals surface area contributed by atoms with Gasteiger partial charge in [-0.05, 0) is 56.0 Å². The highest BCUT2D eigenvalue weighted by atomic mass is 16.7. The Morgan fingerprint density at radius 3 is 2.77 bits per heavy atom. The first-order valence-electron chi connectivity index (χ1n) is 13.6. The Hall–Kier alpha value is -3.44. The number of likely N-dealkylation sites (tertiary alicyclic amines) is 1. The average molecular weight is 542 g/mol. The van der Waals surface area contributed by atoms with Crippen LogP contribution in [0.2, 0.25) is 0 Å². The summed E-state index contributed by atoms with van der Waals surface area (Å²) < 4.78 is 16.7. The monoisotopic (exact) mass is 541 g/mol. The molecule has 1 saturated heterocycles. The van der Waals surface area contributed by atoms with Crippen molar-refractivity contribution in [2.45, 2.75) is 51.0 Å². The van der Waals surface area contributed by atoms with E-state index < -0.39 is 11.9 Å². The van der Waals surface area contributed by atoms with Gasteiger partial charge in [0.25, 0.3) is 0 Å². The van der Waals surface area contributed by atoms with Crippen molar-refractivity contribution in [3.63, 3.8) is 0 Å². The van der Waals surface area contributed by atoms with Gasteiger partial charge in [0.15, 0.2) is 11.5 Å². The van der Waals surface area contributed by atoms with Gasteiger partial charge >= 0.3 is 5.97 Å². The van der Waals surface area contributed by atoms with E-state index in [0.29, 0.717) is 56.3 Å². The molecule has 1 fully saturated rings. The van der Waals surface area contributed by atoms with Gasteiger partial charge in [-0.3, -0.25) is 14.5 Å². The second-order valence-electron chi connectivity index (χ2n) is 10.0. The molecule has 0 spiro atoms. The van der Waals surface area contributed by atoms with E-state index >= 15 is 0 Å². The fraction of sp³-hybridized carbons (Fsp3) is 0.571. The van der Waals surface area contributed by atoms with Crippen molar-refractivity contribution in [3.8, 4) is 17.2 Å². The number of methoxy groups -OCH3 is 1. The van der Waals surface area contributed by atoms with Crippen LogP contribution in [-0.2, 0) is 16.0 Å². The van der Waals surface area contributed by atoms with Crippen LogP contribution >= 0.6 is 0 Å². The molecule has 4 rings (SSSR count). The van der Waals surface area contributed by atoms with Gasteiger partial charge in [-0.1, -0.05) is 13.3 Å². The van der Waals surface area contributed by atoms with Gasteiger partial charge < -0.3 is 30.0 Å². The maximum atomic E-state index is 13.5. The number of hydrogen-bond donors (Lipinski definition) is 2. The zero-order chi connectivity index (χ0) is 27.8. The van der Waals surface area contributed by atoms with E-state index in [4.69, 9.17) is 19.9 Å². The van der Waals surface area contributed by atoms with Crippen LogP contribution in [0.3, 0.4) is 0 Å². The molecule has 11 heteroatoms. The molecule has 11 nitrogen and oxygen atoms in total. The molecule has 3 N–H and O–H groups in total. The van der Waals surface area contributed by atoms with Crippen LogP contribution in [0.4, 0.5) is 0 Å². The number of carboxylic acids is 1. The van der Waals surface area contributed by atoms with Crippen molar-refractivity contribution in [3.05, 3.63) is 42.0 Å². The summed E-state index contributed by atoms with van der Waals surface area (Å²) in [5.41, 5.74) is 7.35. The Labute approximate surface area is 229 Å². The van der Waals surface area contributed by atoms with Crippen molar-refractivity contribution < 1.29 is 28.9 Å². The standard InChI is InChI=1S/C28H39N5O6/c1-3-4-11-32(12-5-9-29)25(34)16-33-15-21(19-13-23(37-2)27-24(14-19)38-18-39-27)26(28(35)36)22(33)7-6-20-8-10-30-17-31-20/h8,10,13-14,17,21-22,26H,3-7,9,11-12,15-16,18,29H2,1-2H3,(H,35,36)/t21-,22+,26?/m1/s1. The summed E-state index contributed by atoms with van der Waals surface area (Å²) in [6, 6.07) is 5.13. The lowest BCUT2D eigenvalue weighted by molar-refractivity contribution is -0.143. The summed E-state index contributed by atoms with van der Waals surface area (Å²) in [5.74, 6) is -0.455. The highest BCUT2D eigenvalue weighted by molar-refractivity contribution is 5.79. The molecule has 1 unspecified atom stereocenters. The summed E-state index contributed by atoms with van der Waals surface area (Å²) in [4.78, 5) is 38.5. The molecule has 1 aromatic heterocycles. The minimum absolute atomic E-state index is 0.00279. The first-order valence-corrected chi connectivity index (χ1v) is 13.6. The quantitative estimate of drug-likeness (QED) is 0.366. The predicted octanol–water partition coefficient (Wildman–Crippen LogP) is 2.29. The minimum Gasteiger partial charge on any atom is -0.493 e. The fourth-order valence-electron chi connectivity index (χ4n) is 5.58. The second kappa shape index (κ2) is 13.6. The van der Waals surface area contributed by atoms with Crippen molar-refractivity contribution in [1.29, 1.82) is 0 Å². The van der Waals surface area contributed by atoms with E-state index in [1.807, 2.05) is 28.0 Å². The lowest BCUT2D eigenvalue weighted by Gasteiger charge is -2.29. The summed E-state index contributed by atoms with van der Waals surface area (Å²) in [6.45, 7) is 4.51. The van der Waals surface area contributed by atoms with E-state index in [1.54, 1.807) is 13.3 Å². The van der Waals surface area contributed by atoms with Gasteiger partial charge in [-0.15, -0.1) is 0 Å². The van der Waals surface area contributed by atoms with Crippen molar-refractivity contribution >= 4 is 11.9 Å².